The van der Waals surface area contributed by atoms with Gasteiger partial charge in [-0.1, -0.05) is 0 Å². The molecule has 4 heteroatoms. The second kappa shape index (κ2) is 3.14. The van der Waals surface area contributed by atoms with Gasteiger partial charge in [-0.15, -0.1) is 0 Å². The molecule has 0 aliphatic heterocycles. The van der Waals surface area contributed by atoms with Crippen LogP contribution in [0.5, 0.6) is 0 Å². The highest BCUT2D eigenvalue weighted by atomic mass is 15.3. The van der Waals surface area contributed by atoms with Crippen LogP contribution in [0.2, 0.25) is 0 Å². The number of aryl methyl sites for hydroxylation is 2. The number of nitrogen functional groups attached to an aromatic ring is 1. The molecule has 0 aromatic carbocycles. The first-order valence-corrected chi connectivity index (χ1v) is 4.42. The van der Waals surface area contributed by atoms with Gasteiger partial charge in [-0.3, -0.25) is 4.98 Å². The third-order valence-electron chi connectivity index (χ3n) is 1.98. The molecule has 0 saturated heterocycles. The maximum Gasteiger partial charge on any atom is 0.127 e. The summed E-state index contributed by atoms with van der Waals surface area (Å²) in [6, 6.07) is 5.68. The Bertz CT molecular complexity index is 439. The van der Waals surface area contributed by atoms with Gasteiger partial charge in [-0.05, 0) is 26.0 Å². The number of aromatic nitrogens is 3. The lowest BCUT2D eigenvalue weighted by Gasteiger charge is -2.05. The molecule has 0 radical (unpaired) electrons. The van der Waals surface area contributed by atoms with Crippen molar-refractivity contribution in [3.05, 3.63) is 35.8 Å². The van der Waals surface area contributed by atoms with Crippen molar-refractivity contribution in [1.29, 1.82) is 0 Å². The first-order valence-electron chi connectivity index (χ1n) is 4.42. The second-order valence-electron chi connectivity index (χ2n) is 3.28. The van der Waals surface area contributed by atoms with Crippen molar-refractivity contribution < 1.29 is 0 Å². The van der Waals surface area contributed by atoms with E-state index >= 15 is 0 Å². The van der Waals surface area contributed by atoms with Crippen molar-refractivity contribution in [1.82, 2.24) is 14.8 Å². The standard InChI is InChI=1S/C10H12N4/c1-7-5-9(6-8(2)13-7)14-10(11)3-4-12-14/h3-6H,11H2,1-2H3. The van der Waals surface area contributed by atoms with Crippen molar-refractivity contribution in [3.8, 4) is 5.69 Å². The highest BCUT2D eigenvalue weighted by Crippen LogP contribution is 2.13. The van der Waals surface area contributed by atoms with E-state index in [1.807, 2.05) is 26.0 Å². The van der Waals surface area contributed by atoms with E-state index in [9.17, 15) is 0 Å². The number of nitrogens with two attached hydrogens (primary N) is 1. The molecule has 0 unspecified atom stereocenters. The lowest BCUT2D eigenvalue weighted by Crippen LogP contribution is -2.03. The molecule has 0 bridgehead atoms. The summed E-state index contributed by atoms with van der Waals surface area (Å²) in [5.74, 6) is 0.634. The average Bonchev–Trinajstić information content (AvgIpc) is 2.49. The van der Waals surface area contributed by atoms with E-state index in [1.165, 1.54) is 0 Å². The van der Waals surface area contributed by atoms with Crippen molar-refractivity contribution >= 4 is 5.82 Å². The molecule has 2 N–H and O–H groups in total. The fourth-order valence-electron chi connectivity index (χ4n) is 1.46. The van der Waals surface area contributed by atoms with Crippen LogP contribution >= 0.6 is 0 Å². The molecule has 0 aliphatic carbocycles. The molecule has 0 saturated carbocycles. The van der Waals surface area contributed by atoms with Gasteiger partial charge in [0.15, 0.2) is 0 Å². The van der Waals surface area contributed by atoms with Gasteiger partial charge in [0, 0.05) is 17.5 Å². The van der Waals surface area contributed by atoms with Crippen LogP contribution in [0.1, 0.15) is 11.4 Å². The third kappa shape index (κ3) is 1.46. The Labute approximate surface area is 82.4 Å². The SMILES string of the molecule is Cc1cc(-n2nccc2N)cc(C)n1. The molecular formula is C10H12N4. The van der Waals surface area contributed by atoms with Crippen LogP contribution in [-0.2, 0) is 0 Å². The summed E-state index contributed by atoms with van der Waals surface area (Å²) in [5.41, 5.74) is 8.64. The van der Waals surface area contributed by atoms with Gasteiger partial charge in [0.25, 0.3) is 0 Å². The maximum atomic E-state index is 5.75. The van der Waals surface area contributed by atoms with Crippen LogP contribution in [0.15, 0.2) is 24.4 Å². The number of hydrogen-bond donors (Lipinski definition) is 1. The molecule has 2 rings (SSSR count). The van der Waals surface area contributed by atoms with Gasteiger partial charge >= 0.3 is 0 Å². The molecule has 14 heavy (non-hydrogen) atoms. The van der Waals surface area contributed by atoms with Crippen molar-refractivity contribution in [2.24, 2.45) is 0 Å². The van der Waals surface area contributed by atoms with E-state index in [4.69, 9.17) is 5.73 Å². The summed E-state index contributed by atoms with van der Waals surface area (Å²) < 4.78 is 1.70. The Hall–Kier alpha value is -1.84. The average molecular weight is 188 g/mol. The Morgan fingerprint density at radius 2 is 1.86 bits per heavy atom. The zero-order valence-electron chi connectivity index (χ0n) is 8.23. The van der Waals surface area contributed by atoms with Gasteiger partial charge in [0.05, 0.1) is 11.9 Å². The van der Waals surface area contributed by atoms with E-state index in [0.717, 1.165) is 17.1 Å². The zero-order chi connectivity index (χ0) is 10.1. The molecule has 2 aromatic heterocycles. The summed E-state index contributed by atoms with van der Waals surface area (Å²) in [6.07, 6.45) is 1.68. The molecule has 0 spiro atoms. The first-order chi connectivity index (χ1) is 6.66. The minimum atomic E-state index is 0.634. The van der Waals surface area contributed by atoms with Crippen molar-refractivity contribution in [3.63, 3.8) is 0 Å². The summed E-state index contributed by atoms with van der Waals surface area (Å²) in [5, 5.41) is 4.13. The van der Waals surface area contributed by atoms with E-state index in [-0.39, 0.29) is 0 Å². The van der Waals surface area contributed by atoms with E-state index in [0.29, 0.717) is 5.82 Å². The topological polar surface area (TPSA) is 56.7 Å². The predicted octanol–water partition coefficient (Wildman–Crippen LogP) is 1.47. The van der Waals surface area contributed by atoms with Gasteiger partial charge in [0.1, 0.15) is 5.82 Å². The number of hydrogen-bond acceptors (Lipinski definition) is 3. The first kappa shape index (κ1) is 8.74. The second-order valence-corrected chi connectivity index (χ2v) is 3.28. The smallest absolute Gasteiger partial charge is 0.127 e. The quantitative estimate of drug-likeness (QED) is 0.737. The summed E-state index contributed by atoms with van der Waals surface area (Å²) in [6.45, 7) is 3.91. The summed E-state index contributed by atoms with van der Waals surface area (Å²) in [7, 11) is 0. The molecular weight excluding hydrogens is 176 g/mol. The Kier molecular flexibility index (Phi) is 1.96. The minimum Gasteiger partial charge on any atom is -0.384 e. The fourth-order valence-corrected chi connectivity index (χ4v) is 1.46. The largest absolute Gasteiger partial charge is 0.384 e. The van der Waals surface area contributed by atoms with E-state index in [1.54, 1.807) is 16.9 Å². The molecule has 0 amide bonds. The van der Waals surface area contributed by atoms with Crippen molar-refractivity contribution in [2.45, 2.75) is 13.8 Å². The minimum absolute atomic E-state index is 0.634. The van der Waals surface area contributed by atoms with E-state index in [2.05, 4.69) is 10.1 Å². The van der Waals surface area contributed by atoms with Gasteiger partial charge in [0.2, 0.25) is 0 Å². The molecule has 4 nitrogen and oxygen atoms in total. The normalized spacial score (nSPS) is 10.4. The zero-order valence-corrected chi connectivity index (χ0v) is 8.23. The van der Waals surface area contributed by atoms with Crippen LogP contribution in [0.25, 0.3) is 5.69 Å². The Morgan fingerprint density at radius 1 is 1.21 bits per heavy atom. The van der Waals surface area contributed by atoms with Gasteiger partial charge in [-0.2, -0.15) is 5.10 Å². The van der Waals surface area contributed by atoms with Gasteiger partial charge in [-0.25, -0.2) is 4.68 Å². The van der Waals surface area contributed by atoms with Gasteiger partial charge < -0.3 is 5.73 Å². The molecule has 2 aromatic rings. The van der Waals surface area contributed by atoms with Crippen LogP contribution in [0, 0.1) is 13.8 Å². The number of rotatable bonds is 1. The van der Waals surface area contributed by atoms with Crippen LogP contribution in [0.4, 0.5) is 5.82 Å². The highest BCUT2D eigenvalue weighted by Gasteiger charge is 2.02. The van der Waals surface area contributed by atoms with Crippen LogP contribution in [-0.4, -0.2) is 14.8 Å². The molecule has 0 atom stereocenters. The fraction of sp³-hybridized carbons (Fsp3) is 0.200. The number of anilines is 1. The molecule has 0 fully saturated rings. The summed E-state index contributed by atoms with van der Waals surface area (Å²) in [4.78, 5) is 4.29. The molecule has 2 heterocycles. The van der Waals surface area contributed by atoms with Crippen LogP contribution < -0.4 is 5.73 Å². The number of pyridine rings is 1. The monoisotopic (exact) mass is 188 g/mol. The van der Waals surface area contributed by atoms with E-state index < -0.39 is 0 Å². The maximum absolute atomic E-state index is 5.75. The number of nitrogens with zero attached hydrogens (tertiary/aromatic N) is 3. The van der Waals surface area contributed by atoms with Crippen molar-refractivity contribution in [2.75, 3.05) is 5.73 Å². The predicted molar refractivity (Wildman–Crippen MR) is 55.2 cm³/mol. The third-order valence-corrected chi connectivity index (χ3v) is 1.98. The lowest BCUT2D eigenvalue weighted by atomic mass is 10.3. The molecule has 72 valence electrons. The molecule has 0 aliphatic rings. The van der Waals surface area contributed by atoms with Crippen LogP contribution in [0.3, 0.4) is 0 Å². The lowest BCUT2D eigenvalue weighted by molar-refractivity contribution is 0.881. The summed E-state index contributed by atoms with van der Waals surface area (Å²) >= 11 is 0. The Morgan fingerprint density at radius 3 is 2.36 bits per heavy atom. The Balaban J connectivity index is 2.57. The highest BCUT2D eigenvalue weighted by molar-refractivity contribution is 5.42.